The van der Waals surface area contributed by atoms with Gasteiger partial charge < -0.3 is 23.8 Å². The summed E-state index contributed by atoms with van der Waals surface area (Å²) in [7, 11) is 4.85. The molecule has 0 bridgehead atoms. The van der Waals surface area contributed by atoms with Gasteiger partial charge in [-0.25, -0.2) is 0 Å². The number of benzene rings is 3. The number of nitriles is 1. The third kappa shape index (κ3) is 7.50. The second-order valence-electron chi connectivity index (χ2n) is 9.43. The van der Waals surface area contributed by atoms with E-state index in [1.807, 2.05) is 53.4 Å². The summed E-state index contributed by atoms with van der Waals surface area (Å²) >= 11 is 0. The Morgan fingerprint density at radius 2 is 1.59 bits per heavy atom. The van der Waals surface area contributed by atoms with Gasteiger partial charge in [-0.15, -0.1) is 0 Å². The minimum atomic E-state index is -0.176. The lowest BCUT2D eigenvalue weighted by atomic mass is 10.1. The number of methoxy groups -OCH3 is 3. The lowest BCUT2D eigenvalue weighted by molar-refractivity contribution is -0.132. The summed E-state index contributed by atoms with van der Waals surface area (Å²) in [6, 6.07) is 23.1. The van der Waals surface area contributed by atoms with Gasteiger partial charge in [0.1, 0.15) is 5.75 Å². The second-order valence-corrected chi connectivity index (χ2v) is 9.43. The Balaban J connectivity index is 1.36. The van der Waals surface area contributed by atoms with Crippen LogP contribution < -0.4 is 14.2 Å². The molecule has 8 nitrogen and oxygen atoms in total. The van der Waals surface area contributed by atoms with Gasteiger partial charge in [0.2, 0.25) is 5.91 Å². The number of rotatable bonds is 11. The fraction of sp³-hybridized carbons (Fsp3) is 0.355. The molecule has 3 aromatic carbocycles. The number of nitrogens with zero attached hydrogens (tertiary/aromatic N) is 3. The number of hydrogen-bond donors (Lipinski definition) is 0. The molecule has 3 aromatic rings. The van der Waals surface area contributed by atoms with Crippen LogP contribution in [0, 0.1) is 11.3 Å². The zero-order valence-electron chi connectivity index (χ0n) is 22.8. The molecule has 0 aromatic heterocycles. The molecule has 0 spiro atoms. The Kier molecular flexibility index (Phi) is 9.79. The zero-order chi connectivity index (χ0) is 27.6. The topological polar surface area (TPSA) is 84.3 Å². The summed E-state index contributed by atoms with van der Waals surface area (Å²) < 4.78 is 22.5. The van der Waals surface area contributed by atoms with Crippen molar-refractivity contribution in [3.8, 4) is 23.3 Å². The van der Waals surface area contributed by atoms with Crippen molar-refractivity contribution in [2.24, 2.45) is 0 Å². The van der Waals surface area contributed by atoms with Crippen LogP contribution in [-0.2, 0) is 22.6 Å². The maximum atomic E-state index is 13.0. The monoisotopic (exact) mass is 529 g/mol. The van der Waals surface area contributed by atoms with Crippen LogP contribution in [0.15, 0.2) is 66.7 Å². The number of ether oxygens (including phenoxy) is 4. The molecular weight excluding hydrogens is 494 g/mol. The fourth-order valence-corrected chi connectivity index (χ4v) is 4.66. The molecule has 1 atom stereocenters. The van der Waals surface area contributed by atoms with E-state index in [0.717, 1.165) is 35.5 Å². The van der Waals surface area contributed by atoms with E-state index in [4.69, 9.17) is 24.2 Å². The highest BCUT2D eigenvalue weighted by Gasteiger charge is 2.25. The van der Waals surface area contributed by atoms with E-state index in [1.165, 1.54) is 0 Å². The Morgan fingerprint density at radius 1 is 0.872 bits per heavy atom. The average Bonchev–Trinajstić information content (AvgIpc) is 2.99. The van der Waals surface area contributed by atoms with Crippen LogP contribution >= 0.6 is 0 Å². The predicted molar refractivity (Wildman–Crippen MR) is 148 cm³/mol. The van der Waals surface area contributed by atoms with E-state index in [9.17, 15) is 4.79 Å². The zero-order valence-corrected chi connectivity index (χ0v) is 22.8. The average molecular weight is 530 g/mol. The molecule has 0 saturated carbocycles. The summed E-state index contributed by atoms with van der Waals surface area (Å²) in [5, 5.41) is 9.06. The van der Waals surface area contributed by atoms with E-state index in [-0.39, 0.29) is 12.0 Å². The van der Waals surface area contributed by atoms with Gasteiger partial charge in [0, 0.05) is 32.7 Å². The van der Waals surface area contributed by atoms with Crippen LogP contribution in [0.1, 0.15) is 28.4 Å². The van der Waals surface area contributed by atoms with Gasteiger partial charge in [0.05, 0.1) is 52.1 Å². The van der Waals surface area contributed by atoms with Gasteiger partial charge in [0.15, 0.2) is 11.5 Å². The first-order valence-electron chi connectivity index (χ1n) is 13.0. The summed E-state index contributed by atoms with van der Waals surface area (Å²) in [4.78, 5) is 17.3. The SMILES string of the molecule is COc1cccc([C@@H](CN2CCN(C(=O)Cc3ccc(OC)c(OC)c3)CC2)OCc2ccc(C#N)cc2)c1. The normalized spacial score (nSPS) is 14.4. The Morgan fingerprint density at radius 3 is 2.26 bits per heavy atom. The first kappa shape index (κ1) is 28.0. The van der Waals surface area contributed by atoms with Gasteiger partial charge in [0.25, 0.3) is 0 Å². The van der Waals surface area contributed by atoms with E-state index in [2.05, 4.69) is 17.0 Å². The molecule has 0 radical (unpaired) electrons. The summed E-state index contributed by atoms with van der Waals surface area (Å²) in [6.07, 6.45) is 0.144. The second kappa shape index (κ2) is 13.7. The third-order valence-corrected chi connectivity index (χ3v) is 6.95. The summed E-state index contributed by atoms with van der Waals surface area (Å²) in [6.45, 7) is 3.97. The standard InChI is InChI=1S/C31H35N3O5/c1-36-27-6-4-5-26(19-27)30(39-22-24-9-7-23(20-32)8-10-24)21-33-13-15-34(16-14-33)31(35)18-25-11-12-28(37-2)29(17-25)38-3/h4-12,17,19,30H,13-16,18,21-22H2,1-3H3/t30-/m1/s1. The highest BCUT2D eigenvalue weighted by atomic mass is 16.5. The van der Waals surface area contributed by atoms with E-state index >= 15 is 0 Å². The van der Waals surface area contributed by atoms with Gasteiger partial charge >= 0.3 is 0 Å². The minimum Gasteiger partial charge on any atom is -0.497 e. The molecule has 1 aliphatic rings. The molecule has 1 fully saturated rings. The van der Waals surface area contributed by atoms with Crippen molar-refractivity contribution in [2.45, 2.75) is 19.1 Å². The van der Waals surface area contributed by atoms with Crippen LogP contribution in [0.5, 0.6) is 17.2 Å². The van der Waals surface area contributed by atoms with Crippen LogP contribution in [-0.4, -0.2) is 69.8 Å². The first-order chi connectivity index (χ1) is 19.0. The molecule has 0 N–H and O–H groups in total. The number of hydrogen-bond acceptors (Lipinski definition) is 7. The molecule has 1 saturated heterocycles. The molecular formula is C31H35N3O5. The van der Waals surface area contributed by atoms with Crippen molar-refractivity contribution in [2.75, 3.05) is 54.1 Å². The molecule has 0 aliphatic carbocycles. The Labute approximate surface area is 230 Å². The van der Waals surface area contributed by atoms with Crippen molar-refractivity contribution in [3.63, 3.8) is 0 Å². The predicted octanol–water partition coefficient (Wildman–Crippen LogP) is 4.23. The van der Waals surface area contributed by atoms with E-state index < -0.39 is 0 Å². The minimum absolute atomic E-state index is 0.100. The summed E-state index contributed by atoms with van der Waals surface area (Å²) in [5.74, 6) is 2.15. The molecule has 8 heteroatoms. The molecule has 204 valence electrons. The van der Waals surface area contributed by atoms with Crippen molar-refractivity contribution in [1.82, 2.24) is 9.80 Å². The van der Waals surface area contributed by atoms with Crippen molar-refractivity contribution in [1.29, 1.82) is 5.26 Å². The van der Waals surface area contributed by atoms with Crippen LogP contribution in [0.2, 0.25) is 0 Å². The smallest absolute Gasteiger partial charge is 0.227 e. The number of amides is 1. The lowest BCUT2D eigenvalue weighted by Crippen LogP contribution is -2.50. The Hall–Kier alpha value is -4.06. The Bertz CT molecular complexity index is 1280. The van der Waals surface area contributed by atoms with Crippen molar-refractivity contribution < 1.29 is 23.7 Å². The molecule has 39 heavy (non-hydrogen) atoms. The third-order valence-electron chi connectivity index (χ3n) is 6.95. The molecule has 1 amide bonds. The number of carbonyl (C=O) groups excluding carboxylic acids is 1. The van der Waals surface area contributed by atoms with Crippen LogP contribution in [0.3, 0.4) is 0 Å². The highest BCUT2D eigenvalue weighted by Crippen LogP contribution is 2.28. The molecule has 1 heterocycles. The van der Waals surface area contributed by atoms with Gasteiger partial charge in [-0.3, -0.25) is 9.69 Å². The van der Waals surface area contributed by atoms with Gasteiger partial charge in [-0.05, 0) is 53.1 Å². The van der Waals surface area contributed by atoms with Gasteiger partial charge in [-0.1, -0.05) is 30.3 Å². The van der Waals surface area contributed by atoms with Crippen LogP contribution in [0.4, 0.5) is 0 Å². The number of piperazine rings is 1. The maximum Gasteiger partial charge on any atom is 0.227 e. The van der Waals surface area contributed by atoms with E-state index in [0.29, 0.717) is 49.7 Å². The van der Waals surface area contributed by atoms with Gasteiger partial charge in [-0.2, -0.15) is 5.26 Å². The highest BCUT2D eigenvalue weighted by molar-refractivity contribution is 5.79. The molecule has 0 unspecified atom stereocenters. The van der Waals surface area contributed by atoms with E-state index in [1.54, 1.807) is 33.5 Å². The fourth-order valence-electron chi connectivity index (χ4n) is 4.66. The molecule has 1 aliphatic heterocycles. The largest absolute Gasteiger partial charge is 0.497 e. The van der Waals surface area contributed by atoms with Crippen LogP contribution in [0.25, 0.3) is 0 Å². The first-order valence-corrected chi connectivity index (χ1v) is 13.0. The summed E-state index contributed by atoms with van der Waals surface area (Å²) in [5.41, 5.74) is 3.57. The van der Waals surface area contributed by atoms with Crippen molar-refractivity contribution in [3.05, 3.63) is 89.0 Å². The quantitative estimate of drug-likeness (QED) is 0.368. The lowest BCUT2D eigenvalue weighted by Gasteiger charge is -2.36. The van der Waals surface area contributed by atoms with Crippen molar-refractivity contribution >= 4 is 5.91 Å². The maximum absolute atomic E-state index is 13.0. The number of carbonyl (C=O) groups is 1. The molecule has 4 rings (SSSR count).